The van der Waals surface area contributed by atoms with Crippen LogP contribution in [0.2, 0.25) is 15.1 Å². The standard InChI is InChI=1S/C36H27Cl2N3.C36H26ClN3/c37-27-13-10-21-32(25-27)40(30-17-6-2-7-18-30)34-23-12-24-35(36(34)38)41(31-19-8-3-9-20-31)33-22-11-16-29(26-33)39-28-14-4-1-5-15-28;37-36-34-23-12-24-35(36)40(29-17-8-3-9-18-29)33-22-11-20-31(26-33)38(27-13-4-1-5-14-27)30-19-10-21-32(25-30)39(34)28-15-6-2-7-16-28/h1-26,39H;1-26H. The Morgan fingerprint density at radius 1 is 0.247 bits per heavy atom. The molecule has 1 heterocycles. The minimum atomic E-state index is 0.613. The number of hydrogen-bond acceptors (Lipinski definition) is 6. The van der Waals surface area contributed by atoms with E-state index in [0.717, 1.165) is 96.7 Å². The van der Waals surface area contributed by atoms with Gasteiger partial charge in [-0.05, 0) is 170 Å². The van der Waals surface area contributed by atoms with Crippen LogP contribution in [0.4, 0.5) is 96.7 Å². The van der Waals surface area contributed by atoms with E-state index >= 15 is 0 Å². The van der Waals surface area contributed by atoms with Crippen LogP contribution in [-0.2, 0) is 0 Å². The molecule has 0 spiro atoms. The van der Waals surface area contributed by atoms with Gasteiger partial charge in [-0.1, -0.05) is 180 Å². The molecule has 1 aliphatic rings. The molecule has 0 fully saturated rings. The first-order valence-corrected chi connectivity index (χ1v) is 27.8. The highest BCUT2D eigenvalue weighted by molar-refractivity contribution is 6.37. The summed E-state index contributed by atoms with van der Waals surface area (Å²) in [7, 11) is 0. The topological polar surface area (TPSA) is 28.2 Å². The van der Waals surface area contributed by atoms with Gasteiger partial charge in [-0.2, -0.15) is 0 Å². The molecule has 0 saturated heterocycles. The summed E-state index contributed by atoms with van der Waals surface area (Å²) in [6, 6.07) is 108. The normalized spacial score (nSPS) is 11.6. The van der Waals surface area contributed by atoms with Gasteiger partial charge in [0.15, 0.2) is 0 Å². The van der Waals surface area contributed by atoms with Crippen LogP contribution in [0.15, 0.2) is 315 Å². The number of benzene rings is 12. The van der Waals surface area contributed by atoms with Crippen molar-refractivity contribution in [2.75, 3.05) is 29.8 Å². The number of rotatable bonds is 11. The SMILES string of the molecule is Clc1c2cccc1N(c1ccccc1)c1cccc(c1)N(c1ccccc1)c1cccc(c1)N2c1ccccc1.Clc1cccc(N(c2ccccc2)c2cccc(N(c3ccccc3)c3cccc(Nc4ccccc4)c3)c2Cl)c1. The van der Waals surface area contributed by atoms with E-state index in [0.29, 0.717) is 15.1 Å². The average Bonchev–Trinajstić information content (AvgIpc) is 3.53. The highest BCUT2D eigenvalue weighted by Crippen LogP contribution is 2.51. The Hall–Kier alpha value is -9.69. The van der Waals surface area contributed by atoms with Crippen LogP contribution in [-0.4, -0.2) is 0 Å². The average molecular weight is 1110 g/mol. The van der Waals surface area contributed by atoms with Crippen LogP contribution in [0.25, 0.3) is 0 Å². The molecule has 13 rings (SSSR count). The van der Waals surface area contributed by atoms with Crippen molar-refractivity contribution in [2.45, 2.75) is 0 Å². The largest absolute Gasteiger partial charge is 0.355 e. The van der Waals surface area contributed by atoms with Crippen LogP contribution < -0.4 is 29.8 Å². The second-order valence-corrected chi connectivity index (χ2v) is 20.3. The molecule has 0 amide bonds. The quantitative estimate of drug-likeness (QED) is 0.139. The monoisotopic (exact) mass is 1110 g/mol. The minimum absolute atomic E-state index is 0.613. The summed E-state index contributed by atoms with van der Waals surface area (Å²) < 4.78 is 0. The zero-order chi connectivity index (χ0) is 54.9. The molecular formula is C72H53Cl3N6. The van der Waals surface area contributed by atoms with E-state index in [1.165, 1.54) is 0 Å². The fourth-order valence-corrected chi connectivity index (χ4v) is 11.1. The van der Waals surface area contributed by atoms with Crippen molar-refractivity contribution in [2.24, 2.45) is 0 Å². The van der Waals surface area contributed by atoms with E-state index in [1.54, 1.807) is 0 Å². The van der Waals surface area contributed by atoms with Gasteiger partial charge in [-0.25, -0.2) is 0 Å². The molecule has 0 radical (unpaired) electrons. The van der Waals surface area contributed by atoms with Gasteiger partial charge in [0.2, 0.25) is 0 Å². The molecule has 1 aliphatic heterocycles. The lowest BCUT2D eigenvalue weighted by atomic mass is 10.1. The Balaban J connectivity index is 0.000000161. The van der Waals surface area contributed by atoms with Crippen molar-refractivity contribution in [3.63, 3.8) is 0 Å². The van der Waals surface area contributed by atoms with E-state index in [4.69, 9.17) is 34.8 Å². The zero-order valence-corrected chi connectivity index (χ0v) is 46.2. The Bertz CT molecular complexity index is 3930. The van der Waals surface area contributed by atoms with Crippen LogP contribution >= 0.6 is 34.8 Å². The summed E-state index contributed by atoms with van der Waals surface area (Å²) in [4.78, 5) is 11.1. The van der Waals surface area contributed by atoms with Crippen molar-refractivity contribution in [3.05, 3.63) is 331 Å². The highest BCUT2D eigenvalue weighted by Gasteiger charge is 2.26. The van der Waals surface area contributed by atoms with Gasteiger partial charge in [-0.15, -0.1) is 0 Å². The molecule has 0 aliphatic carbocycles. The van der Waals surface area contributed by atoms with Gasteiger partial charge in [0.25, 0.3) is 0 Å². The summed E-state index contributed by atoms with van der Waals surface area (Å²) in [5.74, 6) is 0. The number of anilines is 17. The number of nitrogens with one attached hydrogen (secondary N) is 1. The number of nitrogens with zero attached hydrogens (tertiary/aromatic N) is 5. The molecule has 0 saturated carbocycles. The maximum atomic E-state index is 7.38. The third kappa shape index (κ3) is 11.3. The fourth-order valence-electron chi connectivity index (χ4n) is 10.3. The fraction of sp³-hybridized carbons (Fsp3) is 0. The van der Waals surface area contributed by atoms with E-state index < -0.39 is 0 Å². The lowest BCUT2D eigenvalue weighted by Crippen LogP contribution is -2.17. The van der Waals surface area contributed by atoms with Crippen molar-refractivity contribution in [1.82, 2.24) is 0 Å². The predicted molar refractivity (Wildman–Crippen MR) is 345 cm³/mol. The molecule has 0 unspecified atom stereocenters. The van der Waals surface area contributed by atoms with E-state index in [1.807, 2.05) is 103 Å². The molecule has 6 nitrogen and oxygen atoms in total. The Kier molecular flexibility index (Phi) is 15.5. The maximum Gasteiger partial charge on any atom is 0.0887 e. The summed E-state index contributed by atoms with van der Waals surface area (Å²) >= 11 is 21.2. The van der Waals surface area contributed by atoms with Gasteiger partial charge in [-0.3, -0.25) is 0 Å². The second-order valence-electron chi connectivity index (χ2n) is 19.1. The molecule has 9 heteroatoms. The first-order valence-electron chi connectivity index (χ1n) is 26.7. The van der Waals surface area contributed by atoms with Crippen LogP contribution in [0.1, 0.15) is 0 Å². The third-order valence-corrected chi connectivity index (χ3v) is 14.9. The lowest BCUT2D eigenvalue weighted by molar-refractivity contribution is 1.22. The first kappa shape index (κ1) is 52.0. The minimum Gasteiger partial charge on any atom is -0.355 e. The van der Waals surface area contributed by atoms with Crippen molar-refractivity contribution < 1.29 is 0 Å². The van der Waals surface area contributed by atoms with Crippen molar-refractivity contribution in [3.8, 4) is 0 Å². The van der Waals surface area contributed by atoms with E-state index in [2.05, 4.69) is 242 Å². The Labute approximate surface area is 488 Å². The Morgan fingerprint density at radius 2 is 0.580 bits per heavy atom. The van der Waals surface area contributed by atoms with Crippen molar-refractivity contribution in [1.29, 1.82) is 0 Å². The smallest absolute Gasteiger partial charge is 0.0887 e. The molecule has 81 heavy (non-hydrogen) atoms. The summed E-state index contributed by atoms with van der Waals surface area (Å²) in [5.41, 5.74) is 16.7. The van der Waals surface area contributed by atoms with Gasteiger partial charge in [0.1, 0.15) is 0 Å². The molecule has 1 N–H and O–H groups in total. The van der Waals surface area contributed by atoms with Crippen LogP contribution in [0, 0.1) is 0 Å². The van der Waals surface area contributed by atoms with Crippen molar-refractivity contribution >= 4 is 131 Å². The summed E-state index contributed by atoms with van der Waals surface area (Å²) in [5, 5.41) is 5.46. The number of fused-ring (bicyclic) bond motifs is 6. The van der Waals surface area contributed by atoms with Crippen LogP contribution in [0.3, 0.4) is 0 Å². The summed E-state index contributed by atoms with van der Waals surface area (Å²) in [6.07, 6.45) is 0. The van der Waals surface area contributed by atoms with Gasteiger partial charge < -0.3 is 29.8 Å². The number of hydrogen-bond donors (Lipinski definition) is 1. The van der Waals surface area contributed by atoms with Gasteiger partial charge in [0.05, 0.1) is 32.8 Å². The molecule has 0 atom stereocenters. The number of para-hydroxylation sites is 6. The third-order valence-electron chi connectivity index (χ3n) is 13.9. The Morgan fingerprint density at radius 3 is 1.05 bits per heavy atom. The highest BCUT2D eigenvalue weighted by atomic mass is 35.5. The molecule has 12 aromatic rings. The zero-order valence-electron chi connectivity index (χ0n) is 43.9. The molecule has 6 bridgehead atoms. The lowest BCUT2D eigenvalue weighted by Gasteiger charge is -2.34. The predicted octanol–water partition coefficient (Wildman–Crippen LogP) is 22.7. The first-order chi connectivity index (χ1) is 39.9. The number of halogens is 3. The summed E-state index contributed by atoms with van der Waals surface area (Å²) in [6.45, 7) is 0. The van der Waals surface area contributed by atoms with E-state index in [9.17, 15) is 0 Å². The van der Waals surface area contributed by atoms with E-state index in [-0.39, 0.29) is 0 Å². The van der Waals surface area contributed by atoms with Crippen LogP contribution in [0.5, 0.6) is 0 Å². The second kappa shape index (κ2) is 24.1. The molecular weight excluding hydrogens is 1060 g/mol. The molecule has 392 valence electrons. The molecule has 0 aromatic heterocycles. The maximum absolute atomic E-state index is 7.38. The van der Waals surface area contributed by atoms with Gasteiger partial charge in [0, 0.05) is 79.0 Å². The molecule has 12 aromatic carbocycles. The van der Waals surface area contributed by atoms with Gasteiger partial charge >= 0.3 is 0 Å².